The van der Waals surface area contributed by atoms with Gasteiger partial charge in [-0.25, -0.2) is 0 Å². The smallest absolute Gasteiger partial charge is 0.0759 e. The SMILES string of the molecule is CC1=C(/C=C/C2=NNC(c3csc4ccccc34)C2)C(C)(C)CCC1O. The van der Waals surface area contributed by atoms with Gasteiger partial charge in [-0.1, -0.05) is 38.1 Å². The van der Waals surface area contributed by atoms with E-state index in [0.717, 1.165) is 30.5 Å². The number of hydrogen-bond acceptors (Lipinski definition) is 4. The van der Waals surface area contributed by atoms with Gasteiger partial charge in [-0.2, -0.15) is 5.10 Å². The van der Waals surface area contributed by atoms with E-state index in [9.17, 15) is 5.11 Å². The molecule has 0 spiro atoms. The van der Waals surface area contributed by atoms with Crippen molar-refractivity contribution in [2.24, 2.45) is 10.5 Å². The Bertz CT molecular complexity index is 919. The van der Waals surface area contributed by atoms with Gasteiger partial charge in [-0.3, -0.25) is 0 Å². The lowest BCUT2D eigenvalue weighted by Gasteiger charge is -2.35. The fourth-order valence-corrected chi connectivity index (χ4v) is 5.13. The van der Waals surface area contributed by atoms with Crippen molar-refractivity contribution < 1.29 is 5.11 Å². The van der Waals surface area contributed by atoms with Gasteiger partial charge in [0.15, 0.2) is 0 Å². The predicted molar refractivity (Wildman–Crippen MR) is 111 cm³/mol. The van der Waals surface area contributed by atoms with Crippen LogP contribution in [0, 0.1) is 5.41 Å². The molecule has 1 aliphatic heterocycles. The molecule has 2 heterocycles. The fraction of sp³-hybridized carbons (Fsp3) is 0.409. The molecular weight excluding hydrogens is 340 g/mol. The maximum Gasteiger partial charge on any atom is 0.0759 e. The number of hydrogen-bond donors (Lipinski definition) is 2. The number of aliphatic hydroxyl groups is 1. The molecule has 26 heavy (non-hydrogen) atoms. The lowest BCUT2D eigenvalue weighted by Crippen LogP contribution is -2.27. The number of aliphatic hydroxyl groups excluding tert-OH is 1. The summed E-state index contributed by atoms with van der Waals surface area (Å²) in [6.07, 6.45) is 6.75. The minimum atomic E-state index is -0.309. The Labute approximate surface area is 159 Å². The summed E-state index contributed by atoms with van der Waals surface area (Å²) in [7, 11) is 0. The highest BCUT2D eigenvalue weighted by Gasteiger charge is 2.31. The Balaban J connectivity index is 1.52. The van der Waals surface area contributed by atoms with Gasteiger partial charge in [-0.05, 0) is 64.8 Å². The maximum atomic E-state index is 10.2. The third-order valence-corrected chi connectivity index (χ3v) is 6.78. The fourth-order valence-electron chi connectivity index (χ4n) is 4.11. The monoisotopic (exact) mass is 366 g/mol. The van der Waals surface area contributed by atoms with Gasteiger partial charge in [0.05, 0.1) is 17.9 Å². The van der Waals surface area contributed by atoms with Crippen molar-refractivity contribution in [1.82, 2.24) is 5.43 Å². The molecule has 1 aliphatic carbocycles. The zero-order chi connectivity index (χ0) is 18.3. The van der Waals surface area contributed by atoms with Gasteiger partial charge in [0.25, 0.3) is 0 Å². The molecule has 2 atom stereocenters. The number of thiophene rings is 1. The molecule has 0 bridgehead atoms. The molecule has 2 aromatic rings. The molecule has 0 radical (unpaired) electrons. The van der Waals surface area contributed by atoms with E-state index in [1.807, 2.05) is 0 Å². The molecule has 3 nitrogen and oxygen atoms in total. The van der Waals surface area contributed by atoms with Crippen LogP contribution in [0.15, 0.2) is 58.0 Å². The van der Waals surface area contributed by atoms with Crippen molar-refractivity contribution in [2.45, 2.75) is 52.2 Å². The number of hydrazone groups is 1. The standard InChI is InChI=1S/C22H26N2OS/c1-14-18(22(2,3)11-10-20(14)25)9-8-15-12-19(24-23-15)17-13-26-21-7-5-4-6-16(17)21/h4-9,13,19-20,24-25H,10-12H2,1-3H3/b9-8+. The molecule has 0 fully saturated rings. The van der Waals surface area contributed by atoms with E-state index in [1.54, 1.807) is 11.3 Å². The Morgan fingerprint density at radius 2 is 2.08 bits per heavy atom. The number of allylic oxidation sites excluding steroid dienone is 3. The van der Waals surface area contributed by atoms with E-state index in [-0.39, 0.29) is 17.6 Å². The third-order valence-electron chi connectivity index (χ3n) is 5.80. The Morgan fingerprint density at radius 3 is 2.92 bits per heavy atom. The van der Waals surface area contributed by atoms with E-state index >= 15 is 0 Å². The zero-order valence-electron chi connectivity index (χ0n) is 15.6. The van der Waals surface area contributed by atoms with Crippen molar-refractivity contribution in [3.05, 3.63) is 58.5 Å². The highest BCUT2D eigenvalue weighted by Crippen LogP contribution is 2.41. The third kappa shape index (κ3) is 3.12. The van der Waals surface area contributed by atoms with Gasteiger partial charge < -0.3 is 10.5 Å². The van der Waals surface area contributed by atoms with Crippen molar-refractivity contribution >= 4 is 27.1 Å². The first-order chi connectivity index (χ1) is 12.5. The molecule has 4 heteroatoms. The van der Waals surface area contributed by atoms with Crippen LogP contribution in [0.1, 0.15) is 51.6 Å². The number of benzene rings is 1. The first kappa shape index (κ1) is 17.5. The Hall–Kier alpha value is -1.91. The molecule has 0 saturated heterocycles. The predicted octanol–water partition coefficient (Wildman–Crippen LogP) is 5.35. The Kier molecular flexibility index (Phi) is 4.49. The molecule has 0 amide bonds. The number of nitrogens with one attached hydrogen (secondary N) is 1. The highest BCUT2D eigenvalue weighted by molar-refractivity contribution is 7.17. The molecule has 4 rings (SSSR count). The first-order valence-electron chi connectivity index (χ1n) is 9.31. The maximum absolute atomic E-state index is 10.2. The quantitative estimate of drug-likeness (QED) is 0.769. The van der Waals surface area contributed by atoms with E-state index in [1.165, 1.54) is 21.2 Å². The summed E-state index contributed by atoms with van der Waals surface area (Å²) < 4.78 is 1.33. The second-order valence-corrected chi connectivity index (χ2v) is 8.96. The molecule has 2 unspecified atom stereocenters. The van der Waals surface area contributed by atoms with Crippen molar-refractivity contribution in [2.75, 3.05) is 0 Å². The van der Waals surface area contributed by atoms with Crippen LogP contribution in [0.25, 0.3) is 10.1 Å². The van der Waals surface area contributed by atoms with Crippen LogP contribution in [-0.4, -0.2) is 16.9 Å². The second-order valence-electron chi connectivity index (χ2n) is 8.04. The van der Waals surface area contributed by atoms with Crippen LogP contribution in [0.4, 0.5) is 0 Å². The molecule has 2 N–H and O–H groups in total. The van der Waals surface area contributed by atoms with Crippen molar-refractivity contribution in [3.63, 3.8) is 0 Å². The number of nitrogens with zero attached hydrogens (tertiary/aromatic N) is 1. The van der Waals surface area contributed by atoms with Crippen LogP contribution >= 0.6 is 11.3 Å². The average molecular weight is 367 g/mol. The summed E-state index contributed by atoms with van der Waals surface area (Å²) in [5.74, 6) is 0. The molecule has 0 saturated carbocycles. The summed E-state index contributed by atoms with van der Waals surface area (Å²) in [6, 6.07) is 8.79. The van der Waals surface area contributed by atoms with E-state index < -0.39 is 0 Å². The number of fused-ring (bicyclic) bond motifs is 1. The first-order valence-corrected chi connectivity index (χ1v) is 10.2. The molecule has 1 aromatic carbocycles. The normalized spacial score (nSPS) is 25.8. The van der Waals surface area contributed by atoms with Crippen LogP contribution in [-0.2, 0) is 0 Å². The summed E-state index contributed by atoms with van der Waals surface area (Å²) >= 11 is 1.79. The van der Waals surface area contributed by atoms with Crippen LogP contribution in [0.2, 0.25) is 0 Å². The van der Waals surface area contributed by atoms with E-state index in [4.69, 9.17) is 0 Å². The number of rotatable bonds is 3. The largest absolute Gasteiger partial charge is 0.389 e. The van der Waals surface area contributed by atoms with Crippen LogP contribution < -0.4 is 5.43 Å². The summed E-state index contributed by atoms with van der Waals surface area (Å²) in [6.45, 7) is 6.58. The minimum absolute atomic E-state index is 0.107. The summed E-state index contributed by atoms with van der Waals surface area (Å²) in [4.78, 5) is 0. The van der Waals surface area contributed by atoms with Gasteiger partial charge in [0.1, 0.15) is 0 Å². The van der Waals surface area contributed by atoms with Crippen LogP contribution in [0.3, 0.4) is 0 Å². The lowest BCUT2D eigenvalue weighted by atomic mass is 9.71. The molecular formula is C22H26N2OS. The second kappa shape index (κ2) is 6.67. The molecule has 136 valence electrons. The average Bonchev–Trinajstić information content (AvgIpc) is 3.25. The highest BCUT2D eigenvalue weighted by atomic mass is 32.1. The molecule has 1 aromatic heterocycles. The van der Waals surface area contributed by atoms with Crippen molar-refractivity contribution in [3.8, 4) is 0 Å². The van der Waals surface area contributed by atoms with Crippen molar-refractivity contribution in [1.29, 1.82) is 0 Å². The minimum Gasteiger partial charge on any atom is -0.389 e. The van der Waals surface area contributed by atoms with Gasteiger partial charge in [0.2, 0.25) is 0 Å². The Morgan fingerprint density at radius 1 is 1.27 bits per heavy atom. The van der Waals surface area contributed by atoms with E-state index in [2.05, 4.69) is 73.1 Å². The topological polar surface area (TPSA) is 44.6 Å². The van der Waals surface area contributed by atoms with Gasteiger partial charge in [-0.15, -0.1) is 11.3 Å². The summed E-state index contributed by atoms with van der Waals surface area (Å²) in [5, 5.41) is 18.3. The van der Waals surface area contributed by atoms with Gasteiger partial charge in [0, 0.05) is 11.1 Å². The summed E-state index contributed by atoms with van der Waals surface area (Å²) in [5.41, 5.74) is 8.17. The molecule has 2 aliphatic rings. The van der Waals surface area contributed by atoms with Crippen LogP contribution in [0.5, 0.6) is 0 Å². The van der Waals surface area contributed by atoms with E-state index in [0.29, 0.717) is 0 Å². The lowest BCUT2D eigenvalue weighted by molar-refractivity contribution is 0.163. The zero-order valence-corrected chi connectivity index (χ0v) is 16.4. The van der Waals surface area contributed by atoms with Gasteiger partial charge >= 0.3 is 0 Å².